The lowest BCUT2D eigenvalue weighted by atomic mass is 9.76. The highest BCUT2D eigenvalue weighted by Crippen LogP contribution is 2.43. The molecule has 1 aliphatic carbocycles. The second-order valence-corrected chi connectivity index (χ2v) is 6.95. The molecule has 23 heavy (non-hydrogen) atoms. The van der Waals surface area contributed by atoms with Crippen LogP contribution in [0.5, 0.6) is 0 Å². The lowest BCUT2D eigenvalue weighted by Crippen LogP contribution is -2.49. The van der Waals surface area contributed by atoms with Gasteiger partial charge in [-0.05, 0) is 44.3 Å². The van der Waals surface area contributed by atoms with E-state index in [0.29, 0.717) is 24.9 Å². The van der Waals surface area contributed by atoms with Crippen molar-refractivity contribution in [2.45, 2.75) is 56.1 Å². The largest absolute Gasteiger partial charge is 0.385 e. The van der Waals surface area contributed by atoms with Crippen molar-refractivity contribution in [1.29, 1.82) is 0 Å². The Morgan fingerprint density at radius 2 is 1.65 bits per heavy atom. The Bertz CT molecular complexity index is 562. The van der Waals surface area contributed by atoms with Crippen LogP contribution in [-0.2, 0) is 5.60 Å². The third-order valence-electron chi connectivity index (χ3n) is 5.32. The van der Waals surface area contributed by atoms with Gasteiger partial charge in [0, 0.05) is 0 Å². The number of piperidine rings is 1. The van der Waals surface area contributed by atoms with E-state index in [1.165, 1.54) is 19.3 Å². The monoisotopic (exact) mass is 313 g/mol. The predicted octanol–water partition coefficient (Wildman–Crippen LogP) is 2.67. The first-order valence-electron chi connectivity index (χ1n) is 8.87. The highest BCUT2D eigenvalue weighted by atomic mass is 16.4. The minimum atomic E-state index is -1.47. The normalized spacial score (nSPS) is 23.7. The number of rotatable bonds is 3. The molecule has 2 fully saturated rings. The lowest BCUT2D eigenvalue weighted by molar-refractivity contribution is -0.118. The minimum Gasteiger partial charge on any atom is -0.385 e. The van der Waals surface area contributed by atoms with Crippen molar-refractivity contribution in [3.63, 3.8) is 0 Å². The molecule has 0 bridgehead atoms. The Morgan fingerprint density at radius 1 is 1.00 bits per heavy atom. The third kappa shape index (κ3) is 3.45. The fourth-order valence-electron chi connectivity index (χ4n) is 3.85. The van der Waals surface area contributed by atoms with E-state index in [4.69, 9.17) is 0 Å². The Morgan fingerprint density at radius 3 is 2.30 bits per heavy atom. The van der Waals surface area contributed by atoms with Crippen molar-refractivity contribution >= 4 is 0 Å². The minimum absolute atomic E-state index is 0.608. The maximum atomic E-state index is 11.3. The van der Waals surface area contributed by atoms with Crippen LogP contribution in [-0.4, -0.2) is 40.3 Å². The molecule has 3 rings (SSSR count). The van der Waals surface area contributed by atoms with Crippen LogP contribution in [0.2, 0.25) is 0 Å². The van der Waals surface area contributed by atoms with Crippen LogP contribution in [0.1, 0.15) is 50.5 Å². The summed E-state index contributed by atoms with van der Waals surface area (Å²) in [6.07, 6.45) is 6.87. The van der Waals surface area contributed by atoms with Crippen LogP contribution < -0.4 is 0 Å². The Hall–Kier alpha value is -1.34. The molecule has 3 heteroatoms. The molecule has 1 aromatic carbocycles. The Labute approximate surface area is 139 Å². The first kappa shape index (κ1) is 16.5. The fourth-order valence-corrected chi connectivity index (χ4v) is 3.85. The zero-order valence-electron chi connectivity index (χ0n) is 13.8. The van der Waals surface area contributed by atoms with Crippen molar-refractivity contribution in [2.75, 3.05) is 19.6 Å². The lowest BCUT2D eigenvalue weighted by Gasteiger charge is -2.38. The van der Waals surface area contributed by atoms with Gasteiger partial charge in [0.2, 0.25) is 0 Å². The number of likely N-dealkylation sites (tertiary alicyclic amines) is 1. The average Bonchev–Trinajstić information content (AvgIpc) is 3.05. The van der Waals surface area contributed by atoms with Crippen LogP contribution in [0, 0.1) is 11.8 Å². The second-order valence-electron chi connectivity index (χ2n) is 6.95. The van der Waals surface area contributed by atoms with Gasteiger partial charge < -0.3 is 10.2 Å². The van der Waals surface area contributed by atoms with E-state index in [9.17, 15) is 10.2 Å². The molecule has 0 amide bonds. The first-order valence-corrected chi connectivity index (χ1v) is 8.87. The predicted molar refractivity (Wildman–Crippen MR) is 91.8 cm³/mol. The molecule has 2 aliphatic rings. The molecule has 3 nitrogen and oxygen atoms in total. The second kappa shape index (κ2) is 7.05. The summed E-state index contributed by atoms with van der Waals surface area (Å²) in [5, 5.41) is 22.4. The highest BCUT2D eigenvalue weighted by molar-refractivity contribution is 5.37. The molecule has 1 heterocycles. The van der Waals surface area contributed by atoms with Crippen molar-refractivity contribution in [3.8, 4) is 11.8 Å². The molecule has 0 unspecified atom stereocenters. The Kier molecular flexibility index (Phi) is 5.06. The van der Waals surface area contributed by atoms with Gasteiger partial charge in [-0.15, -0.1) is 0 Å². The summed E-state index contributed by atoms with van der Waals surface area (Å²) >= 11 is 0. The Balaban J connectivity index is 1.84. The molecular formula is C20H27NO2. The molecular weight excluding hydrogens is 286 g/mol. The van der Waals surface area contributed by atoms with Crippen molar-refractivity contribution in [1.82, 2.24) is 4.90 Å². The van der Waals surface area contributed by atoms with Crippen LogP contribution in [0.25, 0.3) is 0 Å². The summed E-state index contributed by atoms with van der Waals surface area (Å²) in [6, 6.07) is 9.44. The molecule has 1 aromatic rings. The van der Waals surface area contributed by atoms with Gasteiger partial charge in [0.15, 0.2) is 5.60 Å². The van der Waals surface area contributed by atoms with E-state index in [2.05, 4.69) is 16.7 Å². The highest BCUT2D eigenvalue weighted by Gasteiger charge is 2.51. The zero-order valence-corrected chi connectivity index (χ0v) is 13.8. The quantitative estimate of drug-likeness (QED) is 0.843. The maximum Gasteiger partial charge on any atom is 0.179 e. The summed E-state index contributed by atoms with van der Waals surface area (Å²) in [6.45, 7) is 2.84. The number of aliphatic hydroxyl groups is 2. The molecule has 1 aliphatic heterocycles. The van der Waals surface area contributed by atoms with Gasteiger partial charge in [-0.1, -0.05) is 61.4 Å². The molecule has 2 N–H and O–H groups in total. The molecule has 1 atom stereocenters. The van der Waals surface area contributed by atoms with Gasteiger partial charge in [-0.25, -0.2) is 0 Å². The topological polar surface area (TPSA) is 43.7 Å². The van der Waals surface area contributed by atoms with Gasteiger partial charge in [0.25, 0.3) is 0 Å². The van der Waals surface area contributed by atoms with E-state index >= 15 is 0 Å². The number of hydrogen-bond donors (Lipinski definition) is 2. The molecule has 1 saturated heterocycles. The van der Waals surface area contributed by atoms with E-state index in [1.807, 2.05) is 30.3 Å². The maximum absolute atomic E-state index is 11.3. The van der Waals surface area contributed by atoms with E-state index < -0.39 is 11.2 Å². The van der Waals surface area contributed by atoms with Crippen molar-refractivity contribution in [2.24, 2.45) is 0 Å². The van der Waals surface area contributed by atoms with E-state index in [-0.39, 0.29) is 0 Å². The zero-order chi connectivity index (χ0) is 16.2. The van der Waals surface area contributed by atoms with E-state index in [1.54, 1.807) is 0 Å². The van der Waals surface area contributed by atoms with Gasteiger partial charge in [0.05, 0.1) is 6.54 Å². The fraction of sp³-hybridized carbons (Fsp3) is 0.600. The van der Waals surface area contributed by atoms with Gasteiger partial charge in [-0.3, -0.25) is 4.90 Å². The van der Waals surface area contributed by atoms with Gasteiger partial charge in [-0.2, -0.15) is 0 Å². The molecule has 1 saturated carbocycles. The van der Waals surface area contributed by atoms with Crippen LogP contribution >= 0.6 is 0 Å². The average molecular weight is 313 g/mol. The number of nitrogens with zero attached hydrogens (tertiary/aromatic N) is 1. The summed E-state index contributed by atoms with van der Waals surface area (Å²) < 4.78 is 0. The van der Waals surface area contributed by atoms with Crippen molar-refractivity contribution < 1.29 is 10.2 Å². The summed E-state index contributed by atoms with van der Waals surface area (Å²) in [5.74, 6) is 6.22. The van der Waals surface area contributed by atoms with Gasteiger partial charge in [0.1, 0.15) is 5.60 Å². The molecule has 0 radical (unpaired) electrons. The number of benzene rings is 1. The van der Waals surface area contributed by atoms with Gasteiger partial charge >= 0.3 is 0 Å². The van der Waals surface area contributed by atoms with Crippen LogP contribution in [0.4, 0.5) is 0 Å². The SMILES string of the molecule is OC1([C@@](O)(C#CCN2CCCCC2)c2ccccc2)CCCC1. The first-order chi connectivity index (χ1) is 11.1. The summed E-state index contributed by atoms with van der Waals surface area (Å²) in [5.41, 5.74) is -1.90. The molecule has 124 valence electrons. The standard InChI is InChI=1S/C20H27NO2/c22-19(12-5-6-13-19)20(23,18-10-3-1-4-11-18)14-9-17-21-15-7-2-8-16-21/h1,3-4,10-11,22-23H,2,5-8,12-13,15-17H2/t20-/m1/s1. The summed E-state index contributed by atoms with van der Waals surface area (Å²) in [4.78, 5) is 2.33. The van der Waals surface area contributed by atoms with Crippen LogP contribution in [0.3, 0.4) is 0 Å². The third-order valence-corrected chi connectivity index (χ3v) is 5.32. The van der Waals surface area contributed by atoms with Crippen molar-refractivity contribution in [3.05, 3.63) is 35.9 Å². The summed E-state index contributed by atoms with van der Waals surface area (Å²) in [7, 11) is 0. The van der Waals surface area contributed by atoms with E-state index in [0.717, 1.165) is 25.9 Å². The molecule has 0 spiro atoms. The smallest absolute Gasteiger partial charge is 0.179 e. The van der Waals surface area contributed by atoms with Crippen LogP contribution in [0.15, 0.2) is 30.3 Å². The molecule has 0 aromatic heterocycles. The number of hydrogen-bond acceptors (Lipinski definition) is 3.